The molecule has 8 heteroatoms. The van der Waals surface area contributed by atoms with E-state index in [1.807, 2.05) is 18.2 Å². The Labute approximate surface area is 172 Å². The number of carbonyl (C=O) groups is 1. The fraction of sp³-hybridized carbons (Fsp3) is 0.150. The van der Waals surface area contributed by atoms with Crippen molar-refractivity contribution in [2.45, 2.75) is 17.7 Å². The van der Waals surface area contributed by atoms with Crippen LogP contribution in [0.25, 0.3) is 10.8 Å². The van der Waals surface area contributed by atoms with Crippen LogP contribution in [-0.2, 0) is 14.8 Å². The Morgan fingerprint density at radius 2 is 1.79 bits per heavy atom. The molecule has 0 radical (unpaired) electrons. The van der Waals surface area contributed by atoms with Crippen molar-refractivity contribution in [2.75, 3.05) is 16.2 Å². The van der Waals surface area contributed by atoms with E-state index in [1.54, 1.807) is 36.4 Å². The van der Waals surface area contributed by atoms with E-state index in [1.165, 1.54) is 4.31 Å². The molecular formula is C20H16Cl2N2O3S. The van der Waals surface area contributed by atoms with Crippen LogP contribution in [0.5, 0.6) is 0 Å². The molecule has 1 aliphatic rings. The minimum atomic E-state index is -3.60. The van der Waals surface area contributed by atoms with Gasteiger partial charge in [-0.05, 0) is 42.1 Å². The first-order valence-electron chi connectivity index (χ1n) is 8.67. The predicted octanol–water partition coefficient (Wildman–Crippen LogP) is 5.07. The molecule has 28 heavy (non-hydrogen) atoms. The van der Waals surface area contributed by atoms with E-state index in [2.05, 4.69) is 5.32 Å². The van der Waals surface area contributed by atoms with Gasteiger partial charge in [0.15, 0.2) is 0 Å². The Hall–Kier alpha value is -2.28. The molecule has 0 bridgehead atoms. The van der Waals surface area contributed by atoms with Crippen LogP contribution in [0.15, 0.2) is 59.5 Å². The van der Waals surface area contributed by atoms with Crippen molar-refractivity contribution in [3.63, 3.8) is 0 Å². The molecule has 5 nitrogen and oxygen atoms in total. The smallest absolute Gasteiger partial charge is 0.265 e. The number of sulfonamides is 1. The second-order valence-electron chi connectivity index (χ2n) is 6.48. The quantitative estimate of drug-likeness (QED) is 0.608. The molecule has 3 aromatic rings. The number of hydrogen-bond donors (Lipinski definition) is 1. The maximum absolute atomic E-state index is 12.9. The summed E-state index contributed by atoms with van der Waals surface area (Å²) in [5.41, 5.74) is 1.14. The molecule has 0 fully saturated rings. The number of nitrogens with zero attached hydrogens (tertiary/aromatic N) is 1. The van der Waals surface area contributed by atoms with Crippen LogP contribution in [0.4, 0.5) is 11.4 Å². The number of carbonyl (C=O) groups excluding carboxylic acids is 1. The first kappa shape index (κ1) is 19.1. The predicted molar refractivity (Wildman–Crippen MR) is 113 cm³/mol. The fourth-order valence-electron chi connectivity index (χ4n) is 3.39. The molecule has 144 valence electrons. The third kappa shape index (κ3) is 3.32. The van der Waals surface area contributed by atoms with Crippen molar-refractivity contribution in [3.05, 3.63) is 64.6 Å². The van der Waals surface area contributed by atoms with Gasteiger partial charge in [0.05, 0.1) is 21.3 Å². The highest BCUT2D eigenvalue weighted by atomic mass is 35.5. The minimum absolute atomic E-state index is 0.164. The molecule has 4 rings (SSSR count). The number of amides is 1. The third-order valence-electron chi connectivity index (χ3n) is 4.65. The van der Waals surface area contributed by atoms with E-state index in [9.17, 15) is 13.2 Å². The standard InChI is InChI=1S/C20H16Cl2N2O3S/c21-14-9-10-16(15(22)12-14)23-19(25)8-3-11-24-17-6-1-4-13-5-2-7-18(20(13)17)28(24,26)27/h1-2,4-7,9-10,12H,3,8,11H2,(H,23,25). The molecule has 1 amide bonds. The lowest BCUT2D eigenvalue weighted by atomic mass is 10.1. The van der Waals surface area contributed by atoms with Crippen LogP contribution in [-0.4, -0.2) is 20.9 Å². The molecule has 3 aromatic carbocycles. The number of benzene rings is 3. The maximum Gasteiger partial charge on any atom is 0.265 e. The van der Waals surface area contributed by atoms with Gasteiger partial charge in [-0.1, -0.05) is 47.5 Å². The van der Waals surface area contributed by atoms with Gasteiger partial charge in [-0.2, -0.15) is 0 Å². The SMILES string of the molecule is O=C(CCCN1c2cccc3cccc(c23)S1(=O)=O)Nc1ccc(Cl)cc1Cl. The van der Waals surface area contributed by atoms with E-state index in [-0.39, 0.29) is 18.9 Å². The molecule has 0 aromatic heterocycles. The first-order chi connectivity index (χ1) is 13.4. The average molecular weight is 435 g/mol. The van der Waals surface area contributed by atoms with E-state index in [4.69, 9.17) is 23.2 Å². The Balaban J connectivity index is 1.46. The molecule has 1 N–H and O–H groups in total. The molecule has 0 saturated heterocycles. The maximum atomic E-state index is 12.9. The lowest BCUT2D eigenvalue weighted by Crippen LogP contribution is -2.29. The molecule has 0 saturated carbocycles. The second kappa shape index (κ2) is 7.28. The van der Waals surface area contributed by atoms with Gasteiger partial charge >= 0.3 is 0 Å². The summed E-state index contributed by atoms with van der Waals surface area (Å²) in [5, 5.41) is 5.18. The topological polar surface area (TPSA) is 66.5 Å². The number of rotatable bonds is 5. The minimum Gasteiger partial charge on any atom is -0.325 e. The largest absolute Gasteiger partial charge is 0.325 e. The normalized spacial score (nSPS) is 14.4. The lowest BCUT2D eigenvalue weighted by molar-refractivity contribution is -0.116. The zero-order chi connectivity index (χ0) is 19.9. The number of anilines is 2. The van der Waals surface area contributed by atoms with E-state index >= 15 is 0 Å². The van der Waals surface area contributed by atoms with Crippen LogP contribution >= 0.6 is 23.2 Å². The summed E-state index contributed by atoms with van der Waals surface area (Å²) in [6.07, 6.45) is 0.540. The van der Waals surface area contributed by atoms with Crippen LogP contribution in [0, 0.1) is 0 Å². The summed E-state index contributed by atoms with van der Waals surface area (Å²) in [5.74, 6) is -0.239. The molecule has 0 unspecified atom stereocenters. The van der Waals surface area contributed by atoms with Crippen molar-refractivity contribution in [1.29, 1.82) is 0 Å². The Morgan fingerprint density at radius 1 is 1.04 bits per heavy atom. The van der Waals surface area contributed by atoms with E-state index in [0.717, 1.165) is 10.8 Å². The third-order valence-corrected chi connectivity index (χ3v) is 7.05. The van der Waals surface area contributed by atoms with Gasteiger partial charge in [-0.3, -0.25) is 9.10 Å². The Morgan fingerprint density at radius 3 is 2.54 bits per heavy atom. The van der Waals surface area contributed by atoms with Gasteiger partial charge in [-0.15, -0.1) is 0 Å². The summed E-state index contributed by atoms with van der Waals surface area (Å²) in [6.45, 7) is 0.220. The lowest BCUT2D eigenvalue weighted by Gasteiger charge is -2.18. The fourth-order valence-corrected chi connectivity index (χ4v) is 5.59. The molecule has 0 atom stereocenters. The van der Waals surface area contributed by atoms with Crippen LogP contribution < -0.4 is 9.62 Å². The number of hydrogen-bond acceptors (Lipinski definition) is 3. The Bertz CT molecular complexity index is 1190. The second-order valence-corrected chi connectivity index (χ2v) is 9.16. The summed E-state index contributed by atoms with van der Waals surface area (Å²) in [4.78, 5) is 12.5. The summed E-state index contributed by atoms with van der Waals surface area (Å²) in [6, 6.07) is 15.6. The van der Waals surface area contributed by atoms with Crippen molar-refractivity contribution in [3.8, 4) is 0 Å². The Kier molecular flexibility index (Phi) is 4.95. The number of nitrogens with one attached hydrogen (secondary N) is 1. The highest BCUT2D eigenvalue weighted by Crippen LogP contribution is 2.42. The molecule has 1 heterocycles. The molecule has 0 aliphatic carbocycles. The van der Waals surface area contributed by atoms with Gasteiger partial charge in [0.2, 0.25) is 5.91 Å². The van der Waals surface area contributed by atoms with E-state index in [0.29, 0.717) is 32.7 Å². The average Bonchev–Trinajstić information content (AvgIpc) is 2.87. The monoisotopic (exact) mass is 434 g/mol. The highest BCUT2D eigenvalue weighted by molar-refractivity contribution is 7.93. The molecular weight excluding hydrogens is 419 g/mol. The van der Waals surface area contributed by atoms with Crippen molar-refractivity contribution >= 4 is 61.3 Å². The highest BCUT2D eigenvalue weighted by Gasteiger charge is 2.35. The van der Waals surface area contributed by atoms with Gasteiger partial charge < -0.3 is 5.32 Å². The molecule has 0 spiro atoms. The van der Waals surface area contributed by atoms with Crippen molar-refractivity contribution in [2.24, 2.45) is 0 Å². The van der Waals surface area contributed by atoms with E-state index < -0.39 is 10.0 Å². The van der Waals surface area contributed by atoms with Crippen molar-refractivity contribution < 1.29 is 13.2 Å². The zero-order valence-electron chi connectivity index (χ0n) is 14.7. The van der Waals surface area contributed by atoms with Crippen LogP contribution in [0.1, 0.15) is 12.8 Å². The first-order valence-corrected chi connectivity index (χ1v) is 10.9. The zero-order valence-corrected chi connectivity index (χ0v) is 17.0. The van der Waals surface area contributed by atoms with Crippen LogP contribution in [0.3, 0.4) is 0 Å². The number of halogens is 2. The summed E-state index contributed by atoms with van der Waals surface area (Å²) in [7, 11) is -3.60. The van der Waals surface area contributed by atoms with Crippen LogP contribution in [0.2, 0.25) is 10.0 Å². The summed E-state index contributed by atoms with van der Waals surface area (Å²) >= 11 is 11.9. The molecule has 1 aliphatic heterocycles. The van der Waals surface area contributed by atoms with Gasteiger partial charge in [0.1, 0.15) is 0 Å². The van der Waals surface area contributed by atoms with Gasteiger partial charge in [0.25, 0.3) is 10.0 Å². The summed E-state index contributed by atoms with van der Waals surface area (Å²) < 4.78 is 27.2. The van der Waals surface area contributed by atoms with Gasteiger partial charge in [-0.25, -0.2) is 8.42 Å². The van der Waals surface area contributed by atoms with Crippen molar-refractivity contribution in [1.82, 2.24) is 0 Å². The van der Waals surface area contributed by atoms with Gasteiger partial charge in [0, 0.05) is 23.4 Å².